The Morgan fingerprint density at radius 1 is 1.20 bits per heavy atom. The number of hydrogen-bond acceptors (Lipinski definition) is 6. The van der Waals surface area contributed by atoms with Crippen LogP contribution >= 0.6 is 0 Å². The fourth-order valence-corrected chi connectivity index (χ4v) is 4.97. The normalized spacial score (nSPS) is 15.0. The molecule has 1 aliphatic rings. The summed E-state index contributed by atoms with van der Waals surface area (Å²) in [4.78, 5) is 22.9. The molecule has 1 aromatic carbocycles. The van der Waals surface area contributed by atoms with Crippen LogP contribution in [0.25, 0.3) is 11.1 Å². The van der Waals surface area contributed by atoms with Gasteiger partial charge in [-0.25, -0.2) is 4.98 Å². The summed E-state index contributed by atoms with van der Waals surface area (Å²) in [6.45, 7) is 20.2. The van der Waals surface area contributed by atoms with Crippen LogP contribution in [0.5, 0.6) is 0 Å². The molecule has 11 heteroatoms. The molecule has 0 radical (unpaired) electrons. The quantitative estimate of drug-likeness (QED) is 0.109. The third-order valence-electron chi connectivity index (χ3n) is 7.81. The summed E-state index contributed by atoms with van der Waals surface area (Å²) in [7, 11) is -1.95. The summed E-state index contributed by atoms with van der Waals surface area (Å²) in [6.07, 6.45) is -2.77. The summed E-state index contributed by atoms with van der Waals surface area (Å²) in [6, 6.07) is 9.20. The second-order valence-corrected chi connectivity index (χ2v) is 16.8. The van der Waals surface area contributed by atoms with Gasteiger partial charge in [0.25, 0.3) is 5.91 Å². The number of benzene rings is 1. The SMILES string of the molecule is C=N/C(=C\C(=C/C)C(=O)Nc1ccc(C)c(-c2cc(C#CCO[Si](C)(C)C(C)(C)C)nc(N3CCOCC3)c2)c1)C(F)(F)F. The van der Waals surface area contributed by atoms with Gasteiger partial charge >= 0.3 is 6.18 Å². The number of rotatable bonds is 8. The Bertz CT molecular complexity index is 1490. The van der Waals surface area contributed by atoms with Crippen molar-refractivity contribution in [2.45, 2.75) is 58.9 Å². The third kappa shape index (κ3) is 9.14. The Morgan fingerprint density at radius 3 is 2.48 bits per heavy atom. The Balaban J connectivity index is 1.96. The van der Waals surface area contributed by atoms with Gasteiger partial charge in [0.05, 0.1) is 19.8 Å². The van der Waals surface area contributed by atoms with Crippen molar-refractivity contribution in [3.8, 4) is 23.0 Å². The highest BCUT2D eigenvalue weighted by molar-refractivity contribution is 6.74. The molecule has 2 heterocycles. The Hall–Kier alpha value is -3.72. The van der Waals surface area contributed by atoms with Crippen LogP contribution in [0.3, 0.4) is 0 Å². The standard InChI is InChI=1S/C33H41F3N4O3Si/c1-9-24(20-29(37-6)33(34,35)36)31(41)39-27-13-12-23(2)28(22-27)25-19-26(11-10-16-43-44(7,8)32(3,4)5)38-30(21-25)40-14-17-42-18-15-40/h9,12-13,19-22H,6,14-18H2,1-5,7-8H3,(H,39,41)/b24-9+,29-20-. The van der Waals surface area contributed by atoms with E-state index >= 15 is 0 Å². The maximum Gasteiger partial charge on any atom is 0.433 e. The summed E-state index contributed by atoms with van der Waals surface area (Å²) < 4.78 is 51.3. The van der Waals surface area contributed by atoms with Gasteiger partial charge in [0.15, 0.2) is 8.32 Å². The van der Waals surface area contributed by atoms with Gasteiger partial charge in [-0.3, -0.25) is 9.79 Å². The molecule has 0 bridgehead atoms. The van der Waals surface area contributed by atoms with E-state index in [2.05, 4.69) is 67.6 Å². The van der Waals surface area contributed by atoms with Crippen molar-refractivity contribution in [1.82, 2.24) is 4.98 Å². The number of aromatic nitrogens is 1. The molecule has 44 heavy (non-hydrogen) atoms. The van der Waals surface area contributed by atoms with Crippen LogP contribution in [0.2, 0.25) is 18.1 Å². The first-order valence-electron chi connectivity index (χ1n) is 14.4. The summed E-state index contributed by atoms with van der Waals surface area (Å²) in [5.41, 5.74) is 2.15. The van der Waals surface area contributed by atoms with Gasteiger partial charge in [-0.1, -0.05) is 38.8 Å². The number of amides is 1. The van der Waals surface area contributed by atoms with E-state index in [4.69, 9.17) is 14.1 Å². The van der Waals surface area contributed by atoms with Gasteiger partial charge in [0, 0.05) is 24.4 Å². The minimum absolute atomic E-state index is 0.0709. The molecule has 1 amide bonds. The van der Waals surface area contributed by atoms with Crippen LogP contribution in [-0.2, 0) is 14.0 Å². The molecule has 0 saturated carbocycles. The highest BCUT2D eigenvalue weighted by Gasteiger charge is 2.37. The molecule has 1 saturated heterocycles. The second-order valence-electron chi connectivity index (χ2n) is 12.0. The molecule has 1 fully saturated rings. The first kappa shape index (κ1) is 34.8. The number of pyridine rings is 1. The molecular formula is C33H41F3N4O3Si. The molecule has 1 aromatic heterocycles. The fraction of sp³-hybridized carbons (Fsp3) is 0.424. The van der Waals surface area contributed by atoms with Gasteiger partial charge in [-0.2, -0.15) is 13.2 Å². The molecule has 0 atom stereocenters. The maximum atomic E-state index is 13.2. The zero-order valence-electron chi connectivity index (χ0n) is 26.5. The Kier molecular flexibility index (Phi) is 11.4. The van der Waals surface area contributed by atoms with Gasteiger partial charge in [0.2, 0.25) is 0 Å². The van der Waals surface area contributed by atoms with E-state index < -0.39 is 26.1 Å². The largest absolute Gasteiger partial charge is 0.433 e. The molecule has 0 unspecified atom stereocenters. The predicted octanol–water partition coefficient (Wildman–Crippen LogP) is 7.30. The number of allylic oxidation sites excluding steroid dienone is 2. The number of alkyl halides is 3. The van der Waals surface area contributed by atoms with Crippen molar-refractivity contribution in [2.75, 3.05) is 43.1 Å². The number of nitrogens with zero attached hydrogens (tertiary/aromatic N) is 3. The topological polar surface area (TPSA) is 76.0 Å². The fourth-order valence-electron chi connectivity index (χ4n) is 4.11. The summed E-state index contributed by atoms with van der Waals surface area (Å²) in [5.74, 6) is 6.36. The molecule has 7 nitrogen and oxygen atoms in total. The first-order chi connectivity index (χ1) is 20.6. The average molecular weight is 627 g/mol. The van der Waals surface area contributed by atoms with Crippen LogP contribution < -0.4 is 10.2 Å². The van der Waals surface area contributed by atoms with E-state index in [0.717, 1.165) is 22.5 Å². The Morgan fingerprint density at radius 2 is 1.89 bits per heavy atom. The maximum absolute atomic E-state index is 13.2. The van der Waals surface area contributed by atoms with Gasteiger partial charge in [0.1, 0.15) is 17.2 Å². The monoisotopic (exact) mass is 626 g/mol. The van der Waals surface area contributed by atoms with E-state index in [0.29, 0.717) is 50.4 Å². The molecule has 236 valence electrons. The number of carbonyl (C=O) groups is 1. The van der Waals surface area contributed by atoms with E-state index in [1.165, 1.54) is 13.0 Å². The van der Waals surface area contributed by atoms with Crippen LogP contribution in [0, 0.1) is 18.8 Å². The van der Waals surface area contributed by atoms with E-state index in [1.54, 1.807) is 12.1 Å². The van der Waals surface area contributed by atoms with Crippen molar-refractivity contribution < 1.29 is 27.1 Å². The second kappa shape index (κ2) is 14.4. The van der Waals surface area contributed by atoms with Crippen molar-refractivity contribution >= 4 is 32.4 Å². The van der Waals surface area contributed by atoms with Gasteiger partial charge in [-0.05, 0) is 91.6 Å². The van der Waals surface area contributed by atoms with Crippen LogP contribution in [0.4, 0.5) is 24.7 Å². The number of anilines is 2. The number of hydrogen-bond donors (Lipinski definition) is 1. The summed E-state index contributed by atoms with van der Waals surface area (Å²) >= 11 is 0. The molecule has 0 aliphatic carbocycles. The smallest absolute Gasteiger partial charge is 0.406 e. The van der Waals surface area contributed by atoms with E-state index in [-0.39, 0.29) is 10.6 Å². The molecule has 0 spiro atoms. The summed E-state index contributed by atoms with van der Waals surface area (Å²) in [5, 5.41) is 2.78. The predicted molar refractivity (Wildman–Crippen MR) is 174 cm³/mol. The lowest BCUT2D eigenvalue weighted by molar-refractivity contribution is -0.112. The molecule has 1 N–H and O–H groups in total. The zero-order chi connectivity index (χ0) is 32.7. The van der Waals surface area contributed by atoms with Gasteiger partial charge < -0.3 is 19.4 Å². The molecule has 3 rings (SSSR count). The third-order valence-corrected chi connectivity index (χ3v) is 12.3. The number of morpholine rings is 1. The number of carbonyl (C=O) groups excluding carboxylic acids is 1. The minimum Gasteiger partial charge on any atom is -0.406 e. The Labute approximate surface area is 259 Å². The number of nitrogens with one attached hydrogen (secondary N) is 1. The average Bonchev–Trinajstić information content (AvgIpc) is 2.96. The van der Waals surface area contributed by atoms with Crippen LogP contribution in [0.15, 0.2) is 58.7 Å². The van der Waals surface area contributed by atoms with Crippen molar-refractivity contribution in [3.63, 3.8) is 0 Å². The van der Waals surface area contributed by atoms with Crippen LogP contribution in [-0.4, -0.2) is 65.0 Å². The number of ether oxygens (including phenoxy) is 1. The highest BCUT2D eigenvalue weighted by Crippen LogP contribution is 2.36. The molecule has 1 aliphatic heterocycles. The lowest BCUT2D eigenvalue weighted by Crippen LogP contribution is -2.40. The molecule has 2 aromatic rings. The first-order valence-corrected chi connectivity index (χ1v) is 17.3. The zero-order valence-corrected chi connectivity index (χ0v) is 27.5. The van der Waals surface area contributed by atoms with Crippen molar-refractivity contribution in [3.05, 3.63) is 65.0 Å². The lowest BCUT2D eigenvalue weighted by atomic mass is 9.99. The number of halogens is 3. The van der Waals surface area contributed by atoms with Crippen LogP contribution in [0.1, 0.15) is 39.0 Å². The molecular weight excluding hydrogens is 585 g/mol. The van der Waals surface area contributed by atoms with Crippen molar-refractivity contribution in [2.24, 2.45) is 4.99 Å². The van der Waals surface area contributed by atoms with E-state index in [9.17, 15) is 18.0 Å². The van der Waals surface area contributed by atoms with E-state index in [1.807, 2.05) is 25.1 Å². The number of aliphatic imine (C=N–C) groups is 1. The van der Waals surface area contributed by atoms with Crippen molar-refractivity contribution in [1.29, 1.82) is 0 Å². The minimum atomic E-state index is -4.73. The lowest BCUT2D eigenvalue weighted by Gasteiger charge is -2.35. The highest BCUT2D eigenvalue weighted by atomic mass is 28.4. The number of aryl methyl sites for hydroxylation is 1. The van der Waals surface area contributed by atoms with Gasteiger partial charge in [-0.15, -0.1) is 0 Å².